The van der Waals surface area contributed by atoms with Crippen LogP contribution in [0, 0.1) is 11.8 Å². The molecule has 0 amide bonds. The molecule has 0 bridgehead atoms. The minimum absolute atomic E-state index is 0.0691. The van der Waals surface area contributed by atoms with E-state index >= 15 is 0 Å². The molecule has 158 valence electrons. The summed E-state index contributed by atoms with van der Waals surface area (Å²) in [5, 5.41) is 9.30. The van der Waals surface area contributed by atoms with Gasteiger partial charge in [0.05, 0.1) is 0 Å². The number of carboxylic acids is 1. The lowest BCUT2D eigenvalue weighted by Gasteiger charge is -2.19. The standard InChI is InChI=1S/C25H40O3/c1-2-3-4-5-6-8-14-21-16-13-17-22(21)15-9-7-10-20-24(25(26)27)28-23-18-11-12-19-23/h11,20-22H,2-10,12-17,19H2,1H3,(H,26,27)/t21-,22-/m0/s1. The van der Waals surface area contributed by atoms with Gasteiger partial charge in [-0.15, -0.1) is 0 Å². The van der Waals surface area contributed by atoms with Crippen LogP contribution in [0.2, 0.25) is 0 Å². The van der Waals surface area contributed by atoms with Gasteiger partial charge in [-0.25, -0.2) is 4.79 Å². The Bertz CT molecular complexity index is 554. The van der Waals surface area contributed by atoms with Gasteiger partial charge in [0.2, 0.25) is 5.76 Å². The van der Waals surface area contributed by atoms with Gasteiger partial charge in [0, 0.05) is 6.42 Å². The van der Waals surface area contributed by atoms with E-state index < -0.39 is 5.97 Å². The van der Waals surface area contributed by atoms with Gasteiger partial charge in [0.25, 0.3) is 0 Å². The topological polar surface area (TPSA) is 46.5 Å². The molecule has 2 rings (SSSR count). The van der Waals surface area contributed by atoms with Crippen molar-refractivity contribution < 1.29 is 14.6 Å². The van der Waals surface area contributed by atoms with Crippen molar-refractivity contribution in [3.05, 3.63) is 29.4 Å². The first kappa shape index (κ1) is 22.8. The number of hydrogen-bond acceptors (Lipinski definition) is 2. The van der Waals surface area contributed by atoms with Crippen molar-refractivity contribution in [1.82, 2.24) is 0 Å². The Morgan fingerprint density at radius 3 is 2.43 bits per heavy atom. The molecule has 0 heterocycles. The molecule has 2 aliphatic rings. The van der Waals surface area contributed by atoms with Gasteiger partial charge in [0.1, 0.15) is 5.76 Å². The second-order valence-corrected chi connectivity index (χ2v) is 8.58. The fourth-order valence-electron chi connectivity index (χ4n) is 4.69. The van der Waals surface area contributed by atoms with Crippen molar-refractivity contribution in [3.63, 3.8) is 0 Å². The highest BCUT2D eigenvalue weighted by Crippen LogP contribution is 2.38. The minimum Gasteiger partial charge on any atom is -0.475 e. The Hall–Kier alpha value is -1.47. The molecule has 0 saturated heterocycles. The molecule has 0 aromatic carbocycles. The molecule has 0 aliphatic heterocycles. The molecule has 3 heteroatoms. The fraction of sp³-hybridized carbons (Fsp3) is 0.760. The Morgan fingerprint density at radius 1 is 1.11 bits per heavy atom. The molecule has 1 fully saturated rings. The zero-order valence-corrected chi connectivity index (χ0v) is 17.9. The largest absolute Gasteiger partial charge is 0.475 e. The molecule has 0 unspecified atom stereocenters. The molecule has 1 N–H and O–H groups in total. The fourth-order valence-corrected chi connectivity index (χ4v) is 4.69. The number of carbonyl (C=O) groups is 1. The molecule has 2 atom stereocenters. The molecular formula is C25H40O3. The molecule has 0 spiro atoms. The third kappa shape index (κ3) is 8.69. The van der Waals surface area contributed by atoms with Crippen LogP contribution < -0.4 is 0 Å². The first-order valence-electron chi connectivity index (χ1n) is 11.8. The average molecular weight is 389 g/mol. The van der Waals surface area contributed by atoms with E-state index in [0.29, 0.717) is 5.76 Å². The zero-order chi connectivity index (χ0) is 20.0. The number of carboxylic acid groups (broad SMARTS) is 1. The summed E-state index contributed by atoms with van der Waals surface area (Å²) >= 11 is 0. The van der Waals surface area contributed by atoms with Crippen LogP contribution in [0.4, 0.5) is 0 Å². The van der Waals surface area contributed by atoms with E-state index in [1.807, 2.05) is 6.08 Å². The van der Waals surface area contributed by atoms with Gasteiger partial charge in [-0.3, -0.25) is 0 Å². The highest BCUT2D eigenvalue weighted by molar-refractivity contribution is 5.84. The number of hydrogen-bond donors (Lipinski definition) is 1. The van der Waals surface area contributed by atoms with Crippen molar-refractivity contribution in [2.75, 3.05) is 0 Å². The number of unbranched alkanes of at least 4 members (excludes halogenated alkanes) is 7. The second-order valence-electron chi connectivity index (χ2n) is 8.58. The minimum atomic E-state index is -0.976. The summed E-state index contributed by atoms with van der Waals surface area (Å²) in [6.07, 6.45) is 23.7. The third-order valence-electron chi connectivity index (χ3n) is 6.33. The van der Waals surface area contributed by atoms with Gasteiger partial charge in [-0.2, -0.15) is 0 Å². The molecule has 0 aromatic rings. The summed E-state index contributed by atoms with van der Waals surface area (Å²) in [4.78, 5) is 11.3. The summed E-state index contributed by atoms with van der Waals surface area (Å²) < 4.78 is 5.49. The van der Waals surface area contributed by atoms with Gasteiger partial charge in [-0.05, 0) is 43.3 Å². The maximum Gasteiger partial charge on any atom is 0.371 e. The molecule has 1 saturated carbocycles. The van der Waals surface area contributed by atoms with Gasteiger partial charge < -0.3 is 9.84 Å². The van der Waals surface area contributed by atoms with E-state index in [-0.39, 0.29) is 5.76 Å². The van der Waals surface area contributed by atoms with E-state index in [1.54, 1.807) is 6.08 Å². The van der Waals surface area contributed by atoms with Gasteiger partial charge in [-0.1, -0.05) is 89.7 Å². The maximum atomic E-state index is 11.3. The smallest absolute Gasteiger partial charge is 0.371 e. The average Bonchev–Trinajstić information content (AvgIpc) is 3.35. The molecule has 0 radical (unpaired) electrons. The van der Waals surface area contributed by atoms with Gasteiger partial charge >= 0.3 is 5.97 Å². The van der Waals surface area contributed by atoms with Crippen LogP contribution >= 0.6 is 0 Å². The van der Waals surface area contributed by atoms with E-state index in [9.17, 15) is 9.90 Å². The van der Waals surface area contributed by atoms with Crippen molar-refractivity contribution in [2.24, 2.45) is 11.8 Å². The van der Waals surface area contributed by atoms with Crippen molar-refractivity contribution in [2.45, 2.75) is 110 Å². The highest BCUT2D eigenvalue weighted by Gasteiger charge is 2.26. The summed E-state index contributed by atoms with van der Waals surface area (Å²) in [5.74, 6) is 1.59. The Kier molecular flexibility index (Phi) is 11.1. The predicted molar refractivity (Wildman–Crippen MR) is 115 cm³/mol. The van der Waals surface area contributed by atoms with Crippen LogP contribution in [-0.2, 0) is 9.53 Å². The second kappa shape index (κ2) is 13.7. The highest BCUT2D eigenvalue weighted by atomic mass is 16.5. The van der Waals surface area contributed by atoms with E-state index in [4.69, 9.17) is 4.74 Å². The first-order valence-corrected chi connectivity index (χ1v) is 11.8. The summed E-state index contributed by atoms with van der Waals surface area (Å²) in [7, 11) is 0. The van der Waals surface area contributed by atoms with Crippen molar-refractivity contribution in [3.8, 4) is 0 Å². The third-order valence-corrected chi connectivity index (χ3v) is 6.33. The molecule has 28 heavy (non-hydrogen) atoms. The molecular weight excluding hydrogens is 348 g/mol. The van der Waals surface area contributed by atoms with Crippen LogP contribution in [0.1, 0.15) is 110 Å². The first-order chi connectivity index (χ1) is 13.7. The molecule has 0 aromatic heterocycles. The predicted octanol–water partition coefficient (Wildman–Crippen LogP) is 7.53. The number of ether oxygens (including phenoxy) is 1. The monoisotopic (exact) mass is 388 g/mol. The number of allylic oxidation sites excluding steroid dienone is 2. The normalized spacial score (nSPS) is 21.9. The summed E-state index contributed by atoms with van der Waals surface area (Å²) in [5.41, 5.74) is 2.98. The van der Waals surface area contributed by atoms with E-state index in [0.717, 1.165) is 37.5 Å². The van der Waals surface area contributed by atoms with Crippen LogP contribution in [0.3, 0.4) is 0 Å². The van der Waals surface area contributed by atoms with Crippen molar-refractivity contribution >= 4 is 5.97 Å². The molecule has 2 aliphatic carbocycles. The Morgan fingerprint density at radius 2 is 1.79 bits per heavy atom. The lowest BCUT2D eigenvalue weighted by atomic mass is 9.87. The number of rotatable bonds is 15. The van der Waals surface area contributed by atoms with Crippen LogP contribution in [0.25, 0.3) is 0 Å². The van der Waals surface area contributed by atoms with E-state index in [1.165, 1.54) is 77.0 Å². The Balaban J connectivity index is 1.60. The summed E-state index contributed by atoms with van der Waals surface area (Å²) in [6.45, 7) is 2.28. The van der Waals surface area contributed by atoms with Crippen LogP contribution in [0.15, 0.2) is 29.4 Å². The van der Waals surface area contributed by atoms with Crippen molar-refractivity contribution in [1.29, 1.82) is 0 Å². The Labute approximate surface area is 171 Å². The quantitative estimate of drug-likeness (QED) is 0.136. The maximum absolute atomic E-state index is 11.3. The lowest BCUT2D eigenvalue weighted by molar-refractivity contribution is -0.135. The summed E-state index contributed by atoms with van der Waals surface area (Å²) in [6, 6.07) is 0. The molecule has 3 nitrogen and oxygen atoms in total. The number of aliphatic carboxylic acids is 1. The lowest BCUT2D eigenvalue weighted by Crippen LogP contribution is -2.08. The zero-order valence-electron chi connectivity index (χ0n) is 17.9. The van der Waals surface area contributed by atoms with Crippen LogP contribution in [-0.4, -0.2) is 11.1 Å². The van der Waals surface area contributed by atoms with Gasteiger partial charge in [0.15, 0.2) is 0 Å². The van der Waals surface area contributed by atoms with E-state index in [2.05, 4.69) is 12.7 Å². The van der Waals surface area contributed by atoms with Crippen LogP contribution in [0.5, 0.6) is 0 Å². The SMILES string of the molecule is CCCCCCCC[C@H]1CCC[C@@H]1CCCCC=C(OC1=C=CCC1)C(=O)O.